The van der Waals surface area contributed by atoms with Gasteiger partial charge in [-0.2, -0.15) is 0 Å². The normalized spacial score (nSPS) is 27.2. The smallest absolute Gasteiger partial charge is 0.242 e. The van der Waals surface area contributed by atoms with Gasteiger partial charge in [-0.15, -0.1) is 0 Å². The minimum Gasteiger partial charge on any atom is -0.386 e. The first-order chi connectivity index (χ1) is 6.07. The van der Waals surface area contributed by atoms with Crippen molar-refractivity contribution in [1.82, 2.24) is 10.2 Å². The Labute approximate surface area is 76.0 Å². The molecule has 2 N–H and O–H groups in total. The third kappa shape index (κ3) is 1.78. The van der Waals surface area contributed by atoms with E-state index in [9.17, 15) is 14.7 Å². The number of rotatable bonds is 1. The highest BCUT2D eigenvalue weighted by Gasteiger charge is 2.36. The van der Waals surface area contributed by atoms with Gasteiger partial charge in [0, 0.05) is 20.6 Å². The molecule has 1 rings (SSSR count). The number of hydrogen-bond donors (Lipinski definition) is 2. The Hall–Kier alpha value is -1.16. The van der Waals surface area contributed by atoms with Crippen LogP contribution < -0.4 is 5.32 Å². The second-order valence-electron chi connectivity index (χ2n) is 3.16. The molecule has 0 radical (unpaired) electrons. The fourth-order valence-corrected chi connectivity index (χ4v) is 1.23. The maximum atomic E-state index is 11.4. The predicted octanol–water partition coefficient (Wildman–Crippen LogP) is -1.83. The maximum Gasteiger partial charge on any atom is 0.242 e. The van der Waals surface area contributed by atoms with Crippen LogP contribution >= 0.6 is 0 Å². The second-order valence-corrected chi connectivity index (χ2v) is 3.16. The first-order valence-corrected chi connectivity index (χ1v) is 3.94. The van der Waals surface area contributed by atoms with E-state index in [1.54, 1.807) is 20.0 Å². The summed E-state index contributed by atoms with van der Waals surface area (Å²) >= 11 is 0. The van der Waals surface area contributed by atoms with E-state index in [-0.39, 0.29) is 18.0 Å². The van der Waals surface area contributed by atoms with E-state index in [1.807, 2.05) is 0 Å². The van der Waals surface area contributed by atoms with Crippen LogP contribution in [0.1, 0.15) is 0 Å². The van der Waals surface area contributed by atoms with E-state index in [0.29, 0.717) is 0 Å². The lowest BCUT2D eigenvalue weighted by atomic mass is 10.1. The van der Waals surface area contributed by atoms with Gasteiger partial charge in [-0.25, -0.2) is 4.79 Å². The lowest BCUT2D eigenvalue weighted by Gasteiger charge is -2.18. The van der Waals surface area contributed by atoms with Crippen LogP contribution in [0.15, 0.2) is 5.57 Å². The zero-order valence-electron chi connectivity index (χ0n) is 7.57. The molecule has 1 heterocycles. The zero-order valence-corrected chi connectivity index (χ0v) is 7.57. The number of aliphatic hydroxyl groups excluding tert-OH is 1. The van der Waals surface area contributed by atoms with E-state index in [4.69, 9.17) is 0 Å². The van der Waals surface area contributed by atoms with Crippen molar-refractivity contribution < 1.29 is 14.7 Å². The number of aliphatic hydroxyl groups is 1. The molecule has 1 saturated heterocycles. The largest absolute Gasteiger partial charge is 0.386 e. The van der Waals surface area contributed by atoms with Crippen molar-refractivity contribution >= 4 is 11.8 Å². The molecule has 1 aliphatic heterocycles. The standard InChI is InChI=1S/C8H12N2O3/c1-10(2)8(13)6-7(12)5(4-11)3-9-6/h6-7,9,12H,3H2,1-2H3/t6-,7?/m0/s1. The van der Waals surface area contributed by atoms with Gasteiger partial charge >= 0.3 is 0 Å². The minimum atomic E-state index is -1.03. The third-order valence-electron chi connectivity index (χ3n) is 2.02. The Bertz CT molecular complexity index is 269. The molecule has 5 heteroatoms. The van der Waals surface area contributed by atoms with E-state index < -0.39 is 12.1 Å². The second kappa shape index (κ2) is 3.70. The number of hydrogen-bond acceptors (Lipinski definition) is 4. The molecule has 1 aliphatic rings. The van der Waals surface area contributed by atoms with Crippen molar-refractivity contribution in [1.29, 1.82) is 0 Å². The van der Waals surface area contributed by atoms with Crippen molar-refractivity contribution in [2.24, 2.45) is 0 Å². The highest BCUT2D eigenvalue weighted by atomic mass is 16.3. The van der Waals surface area contributed by atoms with Gasteiger partial charge in [-0.1, -0.05) is 0 Å². The van der Waals surface area contributed by atoms with E-state index >= 15 is 0 Å². The first-order valence-electron chi connectivity index (χ1n) is 3.94. The topological polar surface area (TPSA) is 69.6 Å². The molecule has 72 valence electrons. The lowest BCUT2D eigenvalue weighted by Crippen LogP contribution is -2.45. The first kappa shape index (κ1) is 9.92. The summed E-state index contributed by atoms with van der Waals surface area (Å²) < 4.78 is 0. The summed E-state index contributed by atoms with van der Waals surface area (Å²) in [4.78, 5) is 23.0. The molecule has 0 aromatic carbocycles. The highest BCUT2D eigenvalue weighted by Crippen LogP contribution is 2.12. The van der Waals surface area contributed by atoms with Crippen LogP contribution in [-0.4, -0.2) is 54.6 Å². The minimum absolute atomic E-state index is 0.209. The quantitative estimate of drug-likeness (QED) is 0.470. The molecule has 1 unspecified atom stereocenters. The maximum absolute atomic E-state index is 11.4. The molecule has 0 aromatic heterocycles. The summed E-state index contributed by atoms with van der Waals surface area (Å²) in [6.07, 6.45) is -1.03. The van der Waals surface area contributed by atoms with Crippen molar-refractivity contribution in [3.05, 3.63) is 5.57 Å². The molecule has 0 aliphatic carbocycles. The third-order valence-corrected chi connectivity index (χ3v) is 2.02. The molecule has 5 nitrogen and oxygen atoms in total. The van der Waals surface area contributed by atoms with Crippen molar-refractivity contribution in [2.75, 3.05) is 20.6 Å². The van der Waals surface area contributed by atoms with Gasteiger partial charge in [0.2, 0.25) is 5.91 Å². The average molecular weight is 184 g/mol. The number of nitrogens with zero attached hydrogens (tertiary/aromatic N) is 1. The number of carbonyl (C=O) groups excluding carboxylic acids is 2. The molecule has 0 spiro atoms. The Morgan fingerprint density at radius 3 is 2.69 bits per heavy atom. The molecule has 1 fully saturated rings. The van der Waals surface area contributed by atoms with Crippen LogP contribution in [0.3, 0.4) is 0 Å². The summed E-state index contributed by atoms with van der Waals surface area (Å²) in [7, 11) is 3.19. The molecule has 0 aromatic rings. The lowest BCUT2D eigenvalue weighted by molar-refractivity contribution is -0.132. The van der Waals surface area contributed by atoms with Crippen LogP contribution in [0.2, 0.25) is 0 Å². The average Bonchev–Trinajstić information content (AvgIpc) is 2.45. The zero-order chi connectivity index (χ0) is 10.0. The fourth-order valence-electron chi connectivity index (χ4n) is 1.23. The molecule has 13 heavy (non-hydrogen) atoms. The van der Waals surface area contributed by atoms with Gasteiger partial charge in [0.15, 0.2) is 0 Å². The van der Waals surface area contributed by atoms with Gasteiger partial charge in [0.1, 0.15) is 18.1 Å². The monoisotopic (exact) mass is 184 g/mol. The van der Waals surface area contributed by atoms with Gasteiger partial charge in [0.05, 0.1) is 5.57 Å². The summed E-state index contributed by atoms with van der Waals surface area (Å²) in [6.45, 7) is 0.231. The van der Waals surface area contributed by atoms with Crippen molar-refractivity contribution in [3.63, 3.8) is 0 Å². The SMILES string of the molecule is CN(C)C(=O)[C@H]1NCC(=C=O)C1O. The van der Waals surface area contributed by atoms with E-state index in [2.05, 4.69) is 5.32 Å². The highest BCUT2D eigenvalue weighted by molar-refractivity contribution is 5.84. The summed E-state index contributed by atoms with van der Waals surface area (Å²) in [5.41, 5.74) is 0.209. The molecular formula is C8H12N2O3. The molecule has 0 saturated carbocycles. The predicted molar refractivity (Wildman–Crippen MR) is 45.7 cm³/mol. The Kier molecular flexibility index (Phi) is 2.83. The Balaban J connectivity index is 2.76. The molecule has 2 atom stereocenters. The van der Waals surface area contributed by atoms with Gasteiger partial charge in [-0.3, -0.25) is 10.1 Å². The summed E-state index contributed by atoms with van der Waals surface area (Å²) in [5, 5.41) is 12.2. The van der Waals surface area contributed by atoms with E-state index in [1.165, 1.54) is 4.90 Å². The van der Waals surface area contributed by atoms with Gasteiger partial charge in [0.25, 0.3) is 0 Å². The van der Waals surface area contributed by atoms with Crippen molar-refractivity contribution in [2.45, 2.75) is 12.1 Å². The fraction of sp³-hybridized carbons (Fsp3) is 0.625. The van der Waals surface area contributed by atoms with Crippen LogP contribution in [-0.2, 0) is 9.59 Å². The van der Waals surface area contributed by atoms with Crippen molar-refractivity contribution in [3.8, 4) is 0 Å². The summed E-state index contributed by atoms with van der Waals surface area (Å²) in [6, 6.07) is -0.702. The Morgan fingerprint density at radius 2 is 2.31 bits per heavy atom. The number of nitrogens with one attached hydrogen (secondary N) is 1. The Morgan fingerprint density at radius 1 is 1.69 bits per heavy atom. The van der Waals surface area contributed by atoms with Crippen LogP contribution in [0.4, 0.5) is 0 Å². The summed E-state index contributed by atoms with van der Waals surface area (Å²) in [5.74, 6) is 1.38. The van der Waals surface area contributed by atoms with Crippen LogP contribution in [0.25, 0.3) is 0 Å². The molecular weight excluding hydrogens is 172 g/mol. The van der Waals surface area contributed by atoms with Gasteiger partial charge in [-0.05, 0) is 0 Å². The molecule has 0 bridgehead atoms. The number of amides is 1. The molecule has 1 amide bonds. The number of likely N-dealkylation sites (N-methyl/N-ethyl adjacent to an activating group) is 1. The number of carbonyl (C=O) groups is 1. The van der Waals surface area contributed by atoms with Crippen LogP contribution in [0, 0.1) is 0 Å². The van der Waals surface area contributed by atoms with E-state index in [0.717, 1.165) is 0 Å². The van der Waals surface area contributed by atoms with Crippen LogP contribution in [0.5, 0.6) is 0 Å². The van der Waals surface area contributed by atoms with Gasteiger partial charge < -0.3 is 10.0 Å².